The third-order valence-corrected chi connectivity index (χ3v) is 3.77. The number of benzene rings is 1. The highest BCUT2D eigenvalue weighted by atomic mass is 16.5. The Labute approximate surface area is 115 Å². The van der Waals surface area contributed by atoms with Crippen LogP contribution in [0, 0.1) is 6.92 Å². The minimum Gasteiger partial charge on any atom is -0.496 e. The van der Waals surface area contributed by atoms with Crippen molar-refractivity contribution in [2.24, 2.45) is 5.73 Å². The van der Waals surface area contributed by atoms with E-state index in [1.807, 2.05) is 12.1 Å². The summed E-state index contributed by atoms with van der Waals surface area (Å²) >= 11 is 0. The molecular formula is C15H24N2O2. The summed E-state index contributed by atoms with van der Waals surface area (Å²) < 4.78 is 11.3. The van der Waals surface area contributed by atoms with Crippen molar-refractivity contribution in [3.05, 3.63) is 29.3 Å². The molecular weight excluding hydrogens is 240 g/mol. The lowest BCUT2D eigenvalue weighted by Gasteiger charge is -2.35. The third kappa shape index (κ3) is 3.26. The first-order chi connectivity index (χ1) is 9.15. The molecule has 0 radical (unpaired) electrons. The van der Waals surface area contributed by atoms with Crippen LogP contribution in [0.3, 0.4) is 0 Å². The summed E-state index contributed by atoms with van der Waals surface area (Å²) in [6, 6.07) is 5.96. The summed E-state index contributed by atoms with van der Waals surface area (Å²) in [5.74, 6) is 0.843. The lowest BCUT2D eigenvalue weighted by Crippen LogP contribution is -2.46. The van der Waals surface area contributed by atoms with E-state index in [1.165, 1.54) is 5.56 Å². The molecule has 1 fully saturated rings. The van der Waals surface area contributed by atoms with Gasteiger partial charge in [-0.15, -0.1) is 0 Å². The van der Waals surface area contributed by atoms with Crippen LogP contribution >= 0.6 is 0 Å². The van der Waals surface area contributed by atoms with Gasteiger partial charge in [0.2, 0.25) is 0 Å². The molecule has 0 saturated carbocycles. The summed E-state index contributed by atoms with van der Waals surface area (Å²) in [7, 11) is 1.68. The number of hydrogen-bond donors (Lipinski definition) is 1. The van der Waals surface area contributed by atoms with Crippen molar-refractivity contribution in [1.82, 2.24) is 4.90 Å². The molecule has 0 aliphatic carbocycles. The fourth-order valence-electron chi connectivity index (χ4n) is 2.55. The minimum atomic E-state index is -0.149. The Hall–Kier alpha value is -1.10. The van der Waals surface area contributed by atoms with Crippen molar-refractivity contribution >= 4 is 0 Å². The maximum Gasteiger partial charge on any atom is 0.123 e. The normalized spacial score (nSPS) is 22.2. The topological polar surface area (TPSA) is 47.7 Å². The molecule has 1 aliphatic heterocycles. The molecule has 1 aromatic rings. The summed E-state index contributed by atoms with van der Waals surface area (Å²) in [6.45, 7) is 7.90. The standard InChI is InChI=1S/C15H24N2O2/c1-4-17-7-8-19-14(10-17)15(16)12-9-11(2)5-6-13(12)18-3/h5-6,9,14-15H,4,7-8,10,16H2,1-3H3. The van der Waals surface area contributed by atoms with E-state index in [-0.39, 0.29) is 12.1 Å². The zero-order valence-electron chi connectivity index (χ0n) is 12.1. The molecule has 1 aliphatic rings. The van der Waals surface area contributed by atoms with E-state index in [2.05, 4.69) is 24.8 Å². The smallest absolute Gasteiger partial charge is 0.123 e. The van der Waals surface area contributed by atoms with Crippen LogP contribution in [-0.4, -0.2) is 44.4 Å². The number of nitrogens with two attached hydrogens (primary N) is 1. The van der Waals surface area contributed by atoms with Gasteiger partial charge >= 0.3 is 0 Å². The predicted molar refractivity (Wildman–Crippen MR) is 76.5 cm³/mol. The summed E-state index contributed by atoms with van der Waals surface area (Å²) in [5.41, 5.74) is 8.62. The van der Waals surface area contributed by atoms with Gasteiger partial charge in [0, 0.05) is 18.7 Å². The Morgan fingerprint density at radius 1 is 1.53 bits per heavy atom. The summed E-state index contributed by atoms with van der Waals surface area (Å²) in [5, 5.41) is 0. The highest BCUT2D eigenvalue weighted by Crippen LogP contribution is 2.29. The Morgan fingerprint density at radius 3 is 3.00 bits per heavy atom. The molecule has 2 rings (SSSR count). The Bertz CT molecular complexity index is 423. The Balaban J connectivity index is 2.18. The van der Waals surface area contributed by atoms with Crippen molar-refractivity contribution < 1.29 is 9.47 Å². The second-order valence-corrected chi connectivity index (χ2v) is 5.07. The molecule has 2 N–H and O–H groups in total. The average molecular weight is 264 g/mol. The quantitative estimate of drug-likeness (QED) is 0.899. The number of morpholine rings is 1. The molecule has 2 unspecified atom stereocenters. The molecule has 1 aromatic carbocycles. The maximum absolute atomic E-state index is 6.40. The van der Waals surface area contributed by atoms with E-state index in [0.29, 0.717) is 0 Å². The zero-order valence-corrected chi connectivity index (χ0v) is 12.1. The lowest BCUT2D eigenvalue weighted by atomic mass is 9.98. The van der Waals surface area contributed by atoms with Gasteiger partial charge in [-0.3, -0.25) is 4.90 Å². The van der Waals surface area contributed by atoms with Crippen LogP contribution in [0.2, 0.25) is 0 Å². The van der Waals surface area contributed by atoms with Crippen molar-refractivity contribution in [1.29, 1.82) is 0 Å². The number of rotatable bonds is 4. The van der Waals surface area contributed by atoms with Crippen LogP contribution in [-0.2, 0) is 4.74 Å². The van der Waals surface area contributed by atoms with Gasteiger partial charge in [0.15, 0.2) is 0 Å². The third-order valence-electron chi connectivity index (χ3n) is 3.77. The van der Waals surface area contributed by atoms with Gasteiger partial charge in [0.1, 0.15) is 5.75 Å². The van der Waals surface area contributed by atoms with Gasteiger partial charge in [0.25, 0.3) is 0 Å². The van der Waals surface area contributed by atoms with Crippen molar-refractivity contribution in [2.75, 3.05) is 33.4 Å². The molecule has 106 valence electrons. The molecule has 4 nitrogen and oxygen atoms in total. The molecule has 4 heteroatoms. The number of ether oxygens (including phenoxy) is 2. The molecule has 19 heavy (non-hydrogen) atoms. The number of hydrogen-bond acceptors (Lipinski definition) is 4. The average Bonchev–Trinajstić information content (AvgIpc) is 2.46. The second-order valence-electron chi connectivity index (χ2n) is 5.07. The monoisotopic (exact) mass is 264 g/mol. The molecule has 0 bridgehead atoms. The fourth-order valence-corrected chi connectivity index (χ4v) is 2.55. The van der Waals surface area contributed by atoms with Gasteiger partial charge in [-0.1, -0.05) is 24.6 Å². The van der Waals surface area contributed by atoms with Crippen LogP contribution < -0.4 is 10.5 Å². The Kier molecular flexibility index (Phi) is 4.80. The van der Waals surface area contributed by atoms with Crippen LogP contribution in [0.15, 0.2) is 18.2 Å². The zero-order chi connectivity index (χ0) is 13.8. The minimum absolute atomic E-state index is 0.0319. The molecule has 1 heterocycles. The highest BCUT2D eigenvalue weighted by molar-refractivity contribution is 5.39. The van der Waals surface area contributed by atoms with Gasteiger partial charge in [-0.05, 0) is 19.5 Å². The van der Waals surface area contributed by atoms with E-state index in [1.54, 1.807) is 7.11 Å². The number of likely N-dealkylation sites (N-methyl/N-ethyl adjacent to an activating group) is 1. The van der Waals surface area contributed by atoms with E-state index < -0.39 is 0 Å². The number of nitrogens with zero attached hydrogens (tertiary/aromatic N) is 1. The Morgan fingerprint density at radius 2 is 2.32 bits per heavy atom. The number of methoxy groups -OCH3 is 1. The fraction of sp³-hybridized carbons (Fsp3) is 0.600. The molecule has 2 atom stereocenters. The predicted octanol–water partition coefficient (Wildman–Crippen LogP) is 1.72. The van der Waals surface area contributed by atoms with E-state index >= 15 is 0 Å². The van der Waals surface area contributed by atoms with Crippen molar-refractivity contribution in [3.63, 3.8) is 0 Å². The van der Waals surface area contributed by atoms with Crippen LogP contribution in [0.25, 0.3) is 0 Å². The SMILES string of the molecule is CCN1CCOC(C(N)c2cc(C)ccc2OC)C1. The van der Waals surface area contributed by atoms with Crippen LogP contribution in [0.5, 0.6) is 5.75 Å². The van der Waals surface area contributed by atoms with Gasteiger partial charge in [-0.25, -0.2) is 0 Å². The largest absolute Gasteiger partial charge is 0.496 e. The van der Waals surface area contributed by atoms with Gasteiger partial charge in [-0.2, -0.15) is 0 Å². The molecule has 0 amide bonds. The van der Waals surface area contributed by atoms with Crippen LogP contribution in [0.1, 0.15) is 24.1 Å². The molecule has 0 aromatic heterocycles. The van der Waals surface area contributed by atoms with Crippen molar-refractivity contribution in [3.8, 4) is 5.75 Å². The van der Waals surface area contributed by atoms with E-state index in [0.717, 1.165) is 37.6 Å². The second kappa shape index (κ2) is 6.37. The van der Waals surface area contributed by atoms with Gasteiger partial charge in [0.05, 0.1) is 25.9 Å². The van der Waals surface area contributed by atoms with E-state index in [9.17, 15) is 0 Å². The first-order valence-electron chi connectivity index (χ1n) is 6.89. The van der Waals surface area contributed by atoms with Crippen molar-refractivity contribution in [2.45, 2.75) is 26.0 Å². The lowest BCUT2D eigenvalue weighted by molar-refractivity contribution is -0.0395. The van der Waals surface area contributed by atoms with E-state index in [4.69, 9.17) is 15.2 Å². The van der Waals surface area contributed by atoms with Crippen LogP contribution in [0.4, 0.5) is 0 Å². The number of aryl methyl sites for hydroxylation is 1. The summed E-state index contributed by atoms with van der Waals surface area (Å²) in [4.78, 5) is 2.37. The first kappa shape index (κ1) is 14.3. The molecule has 0 spiro atoms. The van der Waals surface area contributed by atoms with Gasteiger partial charge < -0.3 is 15.2 Å². The molecule has 1 saturated heterocycles. The highest BCUT2D eigenvalue weighted by Gasteiger charge is 2.28. The maximum atomic E-state index is 6.40. The first-order valence-corrected chi connectivity index (χ1v) is 6.89. The summed E-state index contributed by atoms with van der Waals surface area (Å²) in [6.07, 6.45) is 0.0319.